The monoisotopic (exact) mass is 379 g/mol. The predicted molar refractivity (Wildman–Crippen MR) is 97.9 cm³/mol. The van der Waals surface area contributed by atoms with Crippen molar-refractivity contribution < 1.29 is 24.2 Å². The predicted octanol–water partition coefficient (Wildman–Crippen LogP) is 2.93. The van der Waals surface area contributed by atoms with E-state index in [2.05, 4.69) is 5.32 Å². The van der Waals surface area contributed by atoms with Gasteiger partial charge >= 0.3 is 5.97 Å². The molecule has 0 heterocycles. The molecule has 2 N–H and O–H groups in total. The highest BCUT2D eigenvalue weighted by Gasteiger charge is 2.43. The summed E-state index contributed by atoms with van der Waals surface area (Å²) in [5, 5.41) is 13.2. The van der Waals surface area contributed by atoms with Crippen molar-refractivity contribution in [3.8, 4) is 0 Å². The minimum Gasteiger partial charge on any atom is -0.506 e. The van der Waals surface area contributed by atoms with Gasteiger partial charge in [-0.1, -0.05) is 17.7 Å². The summed E-state index contributed by atoms with van der Waals surface area (Å²) in [5.41, 5.74) is -1.21. The van der Waals surface area contributed by atoms with Gasteiger partial charge in [0, 0.05) is 10.6 Å². The van der Waals surface area contributed by atoms with Gasteiger partial charge in [-0.25, -0.2) is 0 Å². The van der Waals surface area contributed by atoms with Crippen LogP contribution in [0.1, 0.15) is 45.7 Å². The SMILES string of the molecule is CC(C)(C)OC(=O)CNC(=O)C1=C(O)c2cc(Cl)ccc2C(C)(C)C1=O. The zero-order chi connectivity index (χ0) is 19.9. The number of amides is 1. The molecule has 0 unspecified atom stereocenters. The Kier molecular flexibility index (Phi) is 5.19. The second-order valence-corrected chi connectivity index (χ2v) is 8.07. The van der Waals surface area contributed by atoms with Crippen molar-refractivity contribution in [3.63, 3.8) is 0 Å². The van der Waals surface area contributed by atoms with Gasteiger partial charge in [-0.05, 0) is 52.3 Å². The number of esters is 1. The number of ketones is 1. The van der Waals surface area contributed by atoms with E-state index in [4.69, 9.17) is 16.3 Å². The van der Waals surface area contributed by atoms with Crippen LogP contribution in [0.3, 0.4) is 0 Å². The van der Waals surface area contributed by atoms with Crippen LogP contribution in [0.2, 0.25) is 5.02 Å². The number of ether oxygens (including phenoxy) is 1. The Labute approximate surface area is 157 Å². The molecular formula is C19H22ClNO5. The molecule has 6 nitrogen and oxygen atoms in total. The molecule has 0 saturated carbocycles. The third kappa shape index (κ3) is 3.90. The Hall–Kier alpha value is -2.34. The Morgan fingerprint density at radius 1 is 1.27 bits per heavy atom. The first-order chi connectivity index (χ1) is 11.8. The lowest BCUT2D eigenvalue weighted by Crippen LogP contribution is -2.43. The standard InChI is InChI=1S/C19H22ClNO5/c1-18(2,3)26-13(22)9-21-17(25)14-15(23)11-8-10(20)6-7-12(11)19(4,5)16(14)24/h6-8,23H,9H2,1-5H3,(H,21,25). The summed E-state index contributed by atoms with van der Waals surface area (Å²) in [6.45, 7) is 8.02. The van der Waals surface area contributed by atoms with Crippen LogP contribution < -0.4 is 5.32 Å². The fraction of sp³-hybridized carbons (Fsp3) is 0.421. The van der Waals surface area contributed by atoms with Crippen LogP contribution in [0.15, 0.2) is 23.8 Å². The fourth-order valence-electron chi connectivity index (χ4n) is 2.76. The summed E-state index contributed by atoms with van der Waals surface area (Å²) in [4.78, 5) is 37.0. The third-order valence-corrected chi connectivity index (χ3v) is 4.22. The zero-order valence-electron chi connectivity index (χ0n) is 15.4. The topological polar surface area (TPSA) is 92.7 Å². The molecule has 1 aromatic rings. The number of fused-ring (bicyclic) bond motifs is 1. The van der Waals surface area contributed by atoms with Gasteiger partial charge in [-0.2, -0.15) is 0 Å². The van der Waals surface area contributed by atoms with Crippen LogP contribution in [0.5, 0.6) is 0 Å². The highest BCUT2D eigenvalue weighted by atomic mass is 35.5. The van der Waals surface area contributed by atoms with Gasteiger partial charge in [0.05, 0.1) is 5.41 Å². The molecule has 0 atom stereocenters. The van der Waals surface area contributed by atoms with Crippen molar-refractivity contribution in [3.05, 3.63) is 39.9 Å². The molecule has 0 spiro atoms. The number of aliphatic hydroxyl groups is 1. The van der Waals surface area contributed by atoms with Crippen molar-refractivity contribution in [2.45, 2.75) is 45.6 Å². The minimum absolute atomic E-state index is 0.324. The smallest absolute Gasteiger partial charge is 0.325 e. The first-order valence-electron chi connectivity index (χ1n) is 8.13. The lowest BCUT2D eigenvalue weighted by Gasteiger charge is -2.31. The van der Waals surface area contributed by atoms with E-state index in [9.17, 15) is 19.5 Å². The van der Waals surface area contributed by atoms with Crippen LogP contribution in [0.4, 0.5) is 0 Å². The van der Waals surface area contributed by atoms with Gasteiger partial charge < -0.3 is 15.2 Å². The van der Waals surface area contributed by atoms with Gasteiger partial charge in [0.2, 0.25) is 0 Å². The van der Waals surface area contributed by atoms with Crippen molar-refractivity contribution in [2.24, 2.45) is 0 Å². The van der Waals surface area contributed by atoms with Crippen LogP contribution in [-0.2, 0) is 24.5 Å². The molecule has 2 rings (SSSR count). The van der Waals surface area contributed by atoms with E-state index in [0.717, 1.165) is 0 Å². The van der Waals surface area contributed by atoms with Gasteiger partial charge in [0.25, 0.3) is 5.91 Å². The molecule has 1 aromatic carbocycles. The number of aliphatic hydroxyl groups excluding tert-OH is 1. The summed E-state index contributed by atoms with van der Waals surface area (Å²) in [5.74, 6) is -2.46. The zero-order valence-corrected chi connectivity index (χ0v) is 16.2. The van der Waals surface area contributed by atoms with E-state index in [1.54, 1.807) is 46.8 Å². The number of carbonyl (C=O) groups is 3. The molecule has 0 radical (unpaired) electrons. The number of nitrogens with one attached hydrogen (secondary N) is 1. The van der Waals surface area contributed by atoms with E-state index in [-0.39, 0.29) is 0 Å². The van der Waals surface area contributed by atoms with Crippen molar-refractivity contribution >= 4 is 35.0 Å². The number of halogens is 1. The Balaban J connectivity index is 2.32. The fourth-order valence-corrected chi connectivity index (χ4v) is 2.94. The maximum Gasteiger partial charge on any atom is 0.325 e. The molecule has 0 saturated heterocycles. The van der Waals surface area contributed by atoms with Gasteiger partial charge in [0.15, 0.2) is 5.78 Å². The quantitative estimate of drug-likeness (QED) is 0.622. The molecule has 1 aliphatic carbocycles. The number of benzene rings is 1. The molecule has 0 aromatic heterocycles. The molecule has 1 aliphatic rings. The molecule has 0 fully saturated rings. The highest BCUT2D eigenvalue weighted by Crippen LogP contribution is 2.40. The molecule has 0 aliphatic heterocycles. The second kappa shape index (κ2) is 6.76. The van der Waals surface area contributed by atoms with Gasteiger partial charge in [-0.3, -0.25) is 14.4 Å². The minimum atomic E-state index is -1.02. The van der Waals surface area contributed by atoms with Crippen molar-refractivity contribution in [1.82, 2.24) is 5.32 Å². The molecule has 0 bridgehead atoms. The van der Waals surface area contributed by atoms with Crippen LogP contribution in [0, 0.1) is 0 Å². The summed E-state index contributed by atoms with van der Waals surface area (Å²) in [6.07, 6.45) is 0. The Bertz CT molecular complexity index is 818. The molecule has 7 heteroatoms. The third-order valence-electron chi connectivity index (χ3n) is 3.98. The van der Waals surface area contributed by atoms with Gasteiger partial charge in [0.1, 0.15) is 23.5 Å². The first-order valence-corrected chi connectivity index (χ1v) is 8.51. The van der Waals surface area contributed by atoms with E-state index in [1.165, 1.54) is 6.07 Å². The molecular weight excluding hydrogens is 358 g/mol. The van der Waals surface area contributed by atoms with Gasteiger partial charge in [-0.15, -0.1) is 0 Å². The van der Waals surface area contributed by atoms with E-state index in [1.807, 2.05) is 0 Å². The largest absolute Gasteiger partial charge is 0.506 e. The number of Topliss-reactive ketones (excluding diaryl/α,β-unsaturated/α-hetero) is 1. The van der Waals surface area contributed by atoms with E-state index >= 15 is 0 Å². The van der Waals surface area contributed by atoms with Crippen molar-refractivity contribution in [1.29, 1.82) is 0 Å². The number of hydrogen-bond acceptors (Lipinski definition) is 5. The van der Waals surface area contributed by atoms with Crippen LogP contribution in [0.25, 0.3) is 5.76 Å². The average Bonchev–Trinajstić information content (AvgIpc) is 2.49. The van der Waals surface area contributed by atoms with Crippen LogP contribution in [-0.4, -0.2) is 34.9 Å². The highest BCUT2D eigenvalue weighted by molar-refractivity contribution is 6.32. The summed E-state index contributed by atoms with van der Waals surface area (Å²) in [6, 6.07) is 4.78. The first kappa shape index (κ1) is 20.0. The van der Waals surface area contributed by atoms with Crippen molar-refractivity contribution in [2.75, 3.05) is 6.54 Å². The van der Waals surface area contributed by atoms with E-state index < -0.39 is 46.6 Å². The lowest BCUT2D eigenvalue weighted by atomic mass is 9.71. The summed E-state index contributed by atoms with van der Waals surface area (Å²) < 4.78 is 5.11. The second-order valence-electron chi connectivity index (χ2n) is 7.64. The maximum absolute atomic E-state index is 12.8. The van der Waals surface area contributed by atoms with Crippen LogP contribution >= 0.6 is 11.6 Å². The lowest BCUT2D eigenvalue weighted by molar-refractivity contribution is -0.154. The van der Waals surface area contributed by atoms with E-state index in [0.29, 0.717) is 16.1 Å². The molecule has 140 valence electrons. The Morgan fingerprint density at radius 2 is 1.88 bits per heavy atom. The molecule has 26 heavy (non-hydrogen) atoms. The number of carbonyl (C=O) groups excluding carboxylic acids is 3. The maximum atomic E-state index is 12.8. The molecule has 1 amide bonds. The number of rotatable bonds is 3. The normalized spacial score (nSPS) is 16.2. The summed E-state index contributed by atoms with van der Waals surface area (Å²) in [7, 11) is 0. The average molecular weight is 380 g/mol. The number of hydrogen-bond donors (Lipinski definition) is 2. The Morgan fingerprint density at radius 3 is 2.46 bits per heavy atom. The summed E-state index contributed by atoms with van der Waals surface area (Å²) >= 11 is 5.98.